The molecule has 7 nitrogen and oxygen atoms in total. The summed E-state index contributed by atoms with van der Waals surface area (Å²) in [6, 6.07) is 14.7. The quantitative estimate of drug-likeness (QED) is 0.577. The first-order valence-corrected chi connectivity index (χ1v) is 10.3. The molecular weight excluding hydrogens is 394 g/mol. The van der Waals surface area contributed by atoms with E-state index in [1.807, 2.05) is 38.1 Å². The lowest BCUT2D eigenvalue weighted by molar-refractivity contribution is -0.115. The summed E-state index contributed by atoms with van der Waals surface area (Å²) in [5.41, 5.74) is 3.78. The average Bonchev–Trinajstić information content (AvgIpc) is 3.51. The SMILES string of the molecule is Cc1noc(C)c1COc1ccc(CC(=O)Nc2cccc(C(=O)NC3CC3)c2)cc1. The summed E-state index contributed by atoms with van der Waals surface area (Å²) in [5, 5.41) is 9.72. The van der Waals surface area contributed by atoms with Gasteiger partial charge in [0.1, 0.15) is 18.1 Å². The molecule has 4 rings (SSSR count). The Kier molecular flexibility index (Phi) is 6.02. The van der Waals surface area contributed by atoms with Crippen molar-refractivity contribution in [3.05, 3.63) is 76.7 Å². The van der Waals surface area contributed by atoms with Crippen LogP contribution < -0.4 is 15.4 Å². The standard InChI is InChI=1S/C24H25N3O4/c1-15-22(16(2)31-27-15)14-30-21-10-6-17(7-11-21)12-23(28)25-20-5-3-4-18(13-20)24(29)26-19-8-9-19/h3-7,10-11,13,19H,8-9,12,14H2,1-2H3,(H,25,28)(H,26,29). The molecule has 1 heterocycles. The van der Waals surface area contributed by atoms with E-state index in [4.69, 9.17) is 9.26 Å². The van der Waals surface area contributed by atoms with Crippen LogP contribution in [0.1, 0.15) is 45.8 Å². The van der Waals surface area contributed by atoms with E-state index in [-0.39, 0.29) is 18.2 Å². The van der Waals surface area contributed by atoms with Crippen LogP contribution in [0, 0.1) is 13.8 Å². The third-order valence-electron chi connectivity index (χ3n) is 5.17. The van der Waals surface area contributed by atoms with Crippen molar-refractivity contribution in [2.45, 2.75) is 45.8 Å². The number of benzene rings is 2. The molecule has 1 fully saturated rings. The number of nitrogens with one attached hydrogen (secondary N) is 2. The Bertz CT molecular complexity index is 1060. The molecule has 1 saturated carbocycles. The monoisotopic (exact) mass is 419 g/mol. The first-order valence-electron chi connectivity index (χ1n) is 10.3. The summed E-state index contributed by atoms with van der Waals surface area (Å²) in [6.07, 6.45) is 2.29. The molecule has 2 amide bonds. The van der Waals surface area contributed by atoms with Gasteiger partial charge in [0.05, 0.1) is 17.7 Å². The third kappa shape index (κ3) is 5.51. The Labute approximate surface area is 180 Å². The molecule has 0 saturated heterocycles. The lowest BCUT2D eigenvalue weighted by Crippen LogP contribution is -2.25. The number of carbonyl (C=O) groups is 2. The fourth-order valence-electron chi connectivity index (χ4n) is 3.19. The number of anilines is 1. The molecule has 0 spiro atoms. The largest absolute Gasteiger partial charge is 0.489 e. The van der Waals surface area contributed by atoms with Crippen molar-refractivity contribution in [1.29, 1.82) is 0 Å². The number of aryl methyl sites for hydroxylation is 2. The zero-order valence-corrected chi connectivity index (χ0v) is 17.6. The lowest BCUT2D eigenvalue weighted by atomic mass is 10.1. The van der Waals surface area contributed by atoms with Crippen LogP contribution in [0.4, 0.5) is 5.69 Å². The Morgan fingerprint density at radius 3 is 2.58 bits per heavy atom. The van der Waals surface area contributed by atoms with Crippen molar-refractivity contribution < 1.29 is 18.8 Å². The summed E-state index contributed by atoms with van der Waals surface area (Å²) in [7, 11) is 0. The van der Waals surface area contributed by atoms with Crippen molar-refractivity contribution in [1.82, 2.24) is 10.5 Å². The molecule has 7 heteroatoms. The number of aromatic nitrogens is 1. The van der Waals surface area contributed by atoms with Crippen molar-refractivity contribution in [3.63, 3.8) is 0 Å². The highest BCUT2D eigenvalue weighted by Crippen LogP contribution is 2.21. The summed E-state index contributed by atoms with van der Waals surface area (Å²) in [4.78, 5) is 24.6. The molecule has 0 aliphatic heterocycles. The summed E-state index contributed by atoms with van der Waals surface area (Å²) < 4.78 is 10.9. The molecule has 160 valence electrons. The molecule has 1 aliphatic carbocycles. The Hall–Kier alpha value is -3.61. The number of amides is 2. The molecule has 1 aliphatic rings. The molecule has 31 heavy (non-hydrogen) atoms. The fourth-order valence-corrected chi connectivity index (χ4v) is 3.19. The molecular formula is C24H25N3O4. The predicted octanol–water partition coefficient (Wildman–Crippen LogP) is 3.94. The maximum Gasteiger partial charge on any atom is 0.251 e. The van der Waals surface area contributed by atoms with E-state index in [0.717, 1.165) is 35.4 Å². The second-order valence-corrected chi connectivity index (χ2v) is 7.79. The molecule has 2 N–H and O–H groups in total. The van der Waals surface area contributed by atoms with Gasteiger partial charge in [-0.2, -0.15) is 0 Å². The first kappa shape index (κ1) is 20.7. The minimum atomic E-state index is -0.149. The minimum Gasteiger partial charge on any atom is -0.489 e. The van der Waals surface area contributed by atoms with E-state index in [2.05, 4.69) is 15.8 Å². The van der Waals surface area contributed by atoms with Crippen LogP contribution in [0.15, 0.2) is 53.1 Å². The summed E-state index contributed by atoms with van der Waals surface area (Å²) in [5.74, 6) is 1.20. The van der Waals surface area contributed by atoms with Gasteiger partial charge in [0, 0.05) is 17.3 Å². The fraction of sp³-hybridized carbons (Fsp3) is 0.292. The Morgan fingerprint density at radius 1 is 1.13 bits per heavy atom. The number of carbonyl (C=O) groups excluding carboxylic acids is 2. The number of hydrogen-bond donors (Lipinski definition) is 2. The van der Waals surface area contributed by atoms with Crippen LogP contribution >= 0.6 is 0 Å². The Morgan fingerprint density at radius 2 is 1.90 bits per heavy atom. The second kappa shape index (κ2) is 9.04. The van der Waals surface area contributed by atoms with Crippen LogP contribution in [0.3, 0.4) is 0 Å². The predicted molar refractivity (Wildman–Crippen MR) is 116 cm³/mol. The van der Waals surface area contributed by atoms with E-state index >= 15 is 0 Å². The van der Waals surface area contributed by atoms with Gasteiger partial charge in [-0.1, -0.05) is 23.4 Å². The van der Waals surface area contributed by atoms with Gasteiger partial charge in [-0.25, -0.2) is 0 Å². The van der Waals surface area contributed by atoms with Crippen LogP contribution in [-0.4, -0.2) is 23.0 Å². The van der Waals surface area contributed by atoms with Crippen LogP contribution in [-0.2, 0) is 17.8 Å². The minimum absolute atomic E-state index is 0.106. The molecule has 0 radical (unpaired) electrons. The highest BCUT2D eigenvalue weighted by atomic mass is 16.5. The van der Waals surface area contributed by atoms with Gasteiger partial charge in [0.2, 0.25) is 5.91 Å². The van der Waals surface area contributed by atoms with E-state index in [1.165, 1.54) is 0 Å². The lowest BCUT2D eigenvalue weighted by Gasteiger charge is -2.09. The topological polar surface area (TPSA) is 93.5 Å². The van der Waals surface area contributed by atoms with Crippen molar-refractivity contribution in [3.8, 4) is 5.75 Å². The number of nitrogens with zero attached hydrogens (tertiary/aromatic N) is 1. The third-order valence-corrected chi connectivity index (χ3v) is 5.17. The van der Waals surface area contributed by atoms with Gasteiger partial charge in [0.25, 0.3) is 5.91 Å². The van der Waals surface area contributed by atoms with Crippen molar-refractivity contribution in [2.75, 3.05) is 5.32 Å². The normalized spacial score (nSPS) is 13.0. The number of rotatable bonds is 8. The van der Waals surface area contributed by atoms with Crippen LogP contribution in [0.5, 0.6) is 5.75 Å². The smallest absolute Gasteiger partial charge is 0.251 e. The van der Waals surface area contributed by atoms with E-state index in [0.29, 0.717) is 29.6 Å². The average molecular weight is 419 g/mol. The van der Waals surface area contributed by atoms with E-state index in [9.17, 15) is 9.59 Å². The number of hydrogen-bond acceptors (Lipinski definition) is 5. The van der Waals surface area contributed by atoms with Crippen LogP contribution in [0.2, 0.25) is 0 Å². The zero-order valence-electron chi connectivity index (χ0n) is 17.6. The molecule has 3 aromatic rings. The van der Waals surface area contributed by atoms with Gasteiger partial charge in [0.15, 0.2) is 0 Å². The second-order valence-electron chi connectivity index (χ2n) is 7.79. The molecule has 0 unspecified atom stereocenters. The molecule has 1 aromatic heterocycles. The van der Waals surface area contributed by atoms with Crippen molar-refractivity contribution >= 4 is 17.5 Å². The van der Waals surface area contributed by atoms with E-state index in [1.54, 1.807) is 24.3 Å². The molecule has 0 bridgehead atoms. The zero-order chi connectivity index (χ0) is 21.8. The van der Waals surface area contributed by atoms with Gasteiger partial charge in [-0.05, 0) is 62.6 Å². The van der Waals surface area contributed by atoms with Gasteiger partial charge in [-0.15, -0.1) is 0 Å². The molecule has 2 aromatic carbocycles. The highest BCUT2D eigenvalue weighted by Gasteiger charge is 2.23. The van der Waals surface area contributed by atoms with Gasteiger partial charge >= 0.3 is 0 Å². The van der Waals surface area contributed by atoms with Gasteiger partial charge < -0.3 is 19.9 Å². The summed E-state index contributed by atoms with van der Waals surface area (Å²) >= 11 is 0. The maximum atomic E-state index is 12.4. The van der Waals surface area contributed by atoms with Gasteiger partial charge in [-0.3, -0.25) is 9.59 Å². The summed E-state index contributed by atoms with van der Waals surface area (Å²) in [6.45, 7) is 4.12. The number of ether oxygens (including phenoxy) is 1. The highest BCUT2D eigenvalue weighted by molar-refractivity contribution is 5.97. The maximum absolute atomic E-state index is 12.4. The Balaban J connectivity index is 1.30. The van der Waals surface area contributed by atoms with Crippen molar-refractivity contribution in [2.24, 2.45) is 0 Å². The van der Waals surface area contributed by atoms with Crippen LogP contribution in [0.25, 0.3) is 0 Å². The first-order chi connectivity index (χ1) is 15.0. The molecule has 0 atom stereocenters. The van der Waals surface area contributed by atoms with E-state index < -0.39 is 0 Å².